The zero-order chi connectivity index (χ0) is 10.3. The molecule has 15 heavy (non-hydrogen) atoms. The molecule has 0 N–H and O–H groups in total. The summed E-state index contributed by atoms with van der Waals surface area (Å²) in [4.78, 5) is 0. The van der Waals surface area contributed by atoms with Crippen LogP contribution in [-0.2, 0) is 7.05 Å². The van der Waals surface area contributed by atoms with Crippen LogP contribution in [0.25, 0.3) is 11.3 Å². The van der Waals surface area contributed by atoms with Gasteiger partial charge in [-0.25, -0.2) is 0 Å². The van der Waals surface area contributed by atoms with Crippen molar-refractivity contribution in [2.45, 2.75) is 0 Å². The highest BCUT2D eigenvalue weighted by molar-refractivity contribution is 5.65. The largest absolute Gasteiger partial charge is 0.454 e. The highest BCUT2D eigenvalue weighted by atomic mass is 16.7. The van der Waals surface area contributed by atoms with Gasteiger partial charge in [0.25, 0.3) is 0 Å². The van der Waals surface area contributed by atoms with E-state index in [1.54, 1.807) is 0 Å². The normalized spacial score (nSPS) is 13.1. The highest BCUT2D eigenvalue weighted by Gasteiger charge is 2.14. The van der Waals surface area contributed by atoms with E-state index in [2.05, 4.69) is 10.6 Å². The smallest absolute Gasteiger partial charge is 0.231 e. The maximum Gasteiger partial charge on any atom is 0.231 e. The standard InChI is InChI=1S/C12H11NO2/c1-13-6-2-3-10(13)9-4-5-11-12(7-9)15-8-14-11/h2-7H,8H2,1H3. The molecule has 76 valence electrons. The van der Waals surface area contributed by atoms with E-state index in [1.807, 2.05) is 37.5 Å². The predicted molar refractivity (Wildman–Crippen MR) is 57.0 cm³/mol. The SMILES string of the molecule is Cn1cccc1-c1ccc2c(c1)OCO2. The first-order valence-corrected chi connectivity index (χ1v) is 4.86. The van der Waals surface area contributed by atoms with Crippen molar-refractivity contribution in [2.24, 2.45) is 7.05 Å². The van der Waals surface area contributed by atoms with E-state index in [9.17, 15) is 0 Å². The predicted octanol–water partition coefficient (Wildman–Crippen LogP) is 2.42. The maximum atomic E-state index is 5.35. The molecule has 1 aliphatic rings. The van der Waals surface area contributed by atoms with Gasteiger partial charge in [-0.2, -0.15) is 0 Å². The minimum atomic E-state index is 0.325. The van der Waals surface area contributed by atoms with Crippen molar-refractivity contribution in [2.75, 3.05) is 6.79 Å². The Labute approximate surface area is 87.9 Å². The molecule has 1 aromatic heterocycles. The van der Waals surface area contributed by atoms with E-state index >= 15 is 0 Å². The van der Waals surface area contributed by atoms with E-state index in [0.717, 1.165) is 17.1 Å². The number of aryl methyl sites for hydroxylation is 1. The van der Waals surface area contributed by atoms with Gasteiger partial charge in [0.2, 0.25) is 6.79 Å². The second kappa shape index (κ2) is 3.05. The monoisotopic (exact) mass is 201 g/mol. The van der Waals surface area contributed by atoms with Crippen molar-refractivity contribution >= 4 is 0 Å². The average molecular weight is 201 g/mol. The summed E-state index contributed by atoms with van der Waals surface area (Å²) >= 11 is 0. The number of aromatic nitrogens is 1. The minimum absolute atomic E-state index is 0.325. The summed E-state index contributed by atoms with van der Waals surface area (Å²) in [5, 5.41) is 0. The Bertz CT molecular complexity index is 502. The van der Waals surface area contributed by atoms with Crippen LogP contribution in [0.2, 0.25) is 0 Å². The topological polar surface area (TPSA) is 23.4 Å². The number of hydrogen-bond acceptors (Lipinski definition) is 2. The fourth-order valence-corrected chi connectivity index (χ4v) is 1.82. The summed E-state index contributed by atoms with van der Waals surface area (Å²) in [5.41, 5.74) is 2.32. The molecular weight excluding hydrogens is 190 g/mol. The van der Waals surface area contributed by atoms with Crippen molar-refractivity contribution in [3.8, 4) is 22.8 Å². The zero-order valence-corrected chi connectivity index (χ0v) is 8.43. The van der Waals surface area contributed by atoms with Gasteiger partial charge in [-0.15, -0.1) is 0 Å². The van der Waals surface area contributed by atoms with Gasteiger partial charge in [-0.1, -0.05) is 0 Å². The first-order valence-electron chi connectivity index (χ1n) is 4.86. The quantitative estimate of drug-likeness (QED) is 0.707. The molecule has 1 aliphatic heterocycles. The highest BCUT2D eigenvalue weighted by Crippen LogP contribution is 2.35. The molecular formula is C12H11NO2. The number of hydrogen-bond donors (Lipinski definition) is 0. The molecule has 0 fully saturated rings. The lowest BCUT2D eigenvalue weighted by Crippen LogP contribution is -1.93. The zero-order valence-electron chi connectivity index (χ0n) is 8.43. The Balaban J connectivity index is 2.11. The van der Waals surface area contributed by atoms with Gasteiger partial charge in [-0.3, -0.25) is 0 Å². The summed E-state index contributed by atoms with van der Waals surface area (Å²) < 4.78 is 12.7. The summed E-state index contributed by atoms with van der Waals surface area (Å²) in [5.74, 6) is 1.65. The first kappa shape index (κ1) is 8.41. The van der Waals surface area contributed by atoms with Gasteiger partial charge in [0.05, 0.1) is 0 Å². The van der Waals surface area contributed by atoms with Crippen LogP contribution < -0.4 is 9.47 Å². The maximum absolute atomic E-state index is 5.35. The molecule has 2 heterocycles. The summed E-state index contributed by atoms with van der Waals surface area (Å²) in [7, 11) is 2.03. The third-order valence-corrected chi connectivity index (χ3v) is 2.61. The Morgan fingerprint density at radius 2 is 2.00 bits per heavy atom. The summed E-state index contributed by atoms with van der Waals surface area (Å²) in [6.45, 7) is 0.325. The van der Waals surface area contributed by atoms with Crippen LogP contribution in [0.15, 0.2) is 36.5 Å². The van der Waals surface area contributed by atoms with Crippen LogP contribution >= 0.6 is 0 Å². The third-order valence-electron chi connectivity index (χ3n) is 2.61. The molecule has 0 saturated carbocycles. The molecule has 0 aliphatic carbocycles. The Morgan fingerprint density at radius 1 is 1.13 bits per heavy atom. The lowest BCUT2D eigenvalue weighted by Gasteiger charge is -2.04. The van der Waals surface area contributed by atoms with E-state index in [0.29, 0.717) is 6.79 Å². The number of rotatable bonds is 1. The Morgan fingerprint density at radius 3 is 2.80 bits per heavy atom. The van der Waals surface area contributed by atoms with Crippen molar-refractivity contribution in [3.63, 3.8) is 0 Å². The molecule has 0 unspecified atom stereocenters. The van der Waals surface area contributed by atoms with Gasteiger partial charge < -0.3 is 14.0 Å². The second-order valence-electron chi connectivity index (χ2n) is 3.57. The van der Waals surface area contributed by atoms with Crippen LogP contribution in [0.5, 0.6) is 11.5 Å². The van der Waals surface area contributed by atoms with Crippen molar-refractivity contribution in [3.05, 3.63) is 36.5 Å². The molecule has 1 aromatic carbocycles. The van der Waals surface area contributed by atoms with Crippen LogP contribution in [0, 0.1) is 0 Å². The summed E-state index contributed by atoms with van der Waals surface area (Å²) in [6, 6.07) is 10.1. The Kier molecular flexibility index (Phi) is 1.71. The molecule has 0 amide bonds. The number of benzene rings is 1. The van der Waals surface area contributed by atoms with Gasteiger partial charge in [0, 0.05) is 24.5 Å². The first-order chi connectivity index (χ1) is 7.34. The molecule has 3 nitrogen and oxygen atoms in total. The lowest BCUT2D eigenvalue weighted by molar-refractivity contribution is 0.174. The van der Waals surface area contributed by atoms with Crippen molar-refractivity contribution in [1.29, 1.82) is 0 Å². The molecule has 0 radical (unpaired) electrons. The number of ether oxygens (including phenoxy) is 2. The van der Waals surface area contributed by atoms with Gasteiger partial charge in [0.1, 0.15) is 0 Å². The molecule has 3 heteroatoms. The van der Waals surface area contributed by atoms with Crippen molar-refractivity contribution in [1.82, 2.24) is 4.57 Å². The number of fused-ring (bicyclic) bond motifs is 1. The van der Waals surface area contributed by atoms with E-state index in [4.69, 9.17) is 9.47 Å². The van der Waals surface area contributed by atoms with Crippen LogP contribution in [0.1, 0.15) is 0 Å². The Hall–Kier alpha value is -1.90. The summed E-state index contributed by atoms with van der Waals surface area (Å²) in [6.07, 6.45) is 2.03. The molecule has 0 bridgehead atoms. The molecule has 3 rings (SSSR count). The van der Waals surface area contributed by atoms with E-state index in [1.165, 1.54) is 5.69 Å². The molecule has 2 aromatic rings. The number of nitrogens with zero attached hydrogens (tertiary/aromatic N) is 1. The van der Waals surface area contributed by atoms with Crippen LogP contribution in [0.3, 0.4) is 0 Å². The van der Waals surface area contributed by atoms with Gasteiger partial charge in [-0.05, 0) is 30.3 Å². The van der Waals surface area contributed by atoms with Crippen LogP contribution in [-0.4, -0.2) is 11.4 Å². The lowest BCUT2D eigenvalue weighted by atomic mass is 10.1. The second-order valence-corrected chi connectivity index (χ2v) is 3.57. The molecule has 0 saturated heterocycles. The third kappa shape index (κ3) is 1.28. The fraction of sp³-hybridized carbons (Fsp3) is 0.167. The average Bonchev–Trinajstić information content (AvgIpc) is 2.84. The van der Waals surface area contributed by atoms with Crippen LogP contribution in [0.4, 0.5) is 0 Å². The minimum Gasteiger partial charge on any atom is -0.454 e. The van der Waals surface area contributed by atoms with Gasteiger partial charge in [0.15, 0.2) is 11.5 Å². The fourth-order valence-electron chi connectivity index (χ4n) is 1.82. The van der Waals surface area contributed by atoms with Gasteiger partial charge >= 0.3 is 0 Å². The van der Waals surface area contributed by atoms with E-state index < -0.39 is 0 Å². The van der Waals surface area contributed by atoms with E-state index in [-0.39, 0.29) is 0 Å². The molecule has 0 spiro atoms. The van der Waals surface area contributed by atoms with Crippen molar-refractivity contribution < 1.29 is 9.47 Å². The molecule has 0 atom stereocenters.